The van der Waals surface area contributed by atoms with Crippen LogP contribution >= 0.6 is 0 Å². The Bertz CT molecular complexity index is 731. The number of likely N-dealkylation sites (tertiary alicyclic amines) is 1. The molecule has 3 rings (SSSR count). The number of benzene rings is 2. The van der Waals surface area contributed by atoms with Gasteiger partial charge >= 0.3 is 5.97 Å². The van der Waals surface area contributed by atoms with Gasteiger partial charge in [-0.05, 0) is 37.9 Å². The Morgan fingerprint density at radius 2 is 2.04 bits per heavy atom. The van der Waals surface area contributed by atoms with Crippen LogP contribution in [-0.4, -0.2) is 29.1 Å². The second-order valence-corrected chi connectivity index (χ2v) is 6.51. The first-order valence-corrected chi connectivity index (χ1v) is 8.34. The topological polar surface area (TPSA) is 40.5 Å². The molecule has 1 fully saturated rings. The van der Waals surface area contributed by atoms with Gasteiger partial charge in [-0.1, -0.05) is 48.0 Å². The van der Waals surface area contributed by atoms with Crippen molar-refractivity contribution >= 4 is 5.97 Å². The van der Waals surface area contributed by atoms with Crippen LogP contribution < -0.4 is 0 Å². The average Bonchev–Trinajstić information content (AvgIpc) is 2.57. The van der Waals surface area contributed by atoms with Crippen molar-refractivity contribution in [1.29, 1.82) is 0 Å². The third-order valence-electron chi connectivity index (χ3n) is 4.72. The Hall–Kier alpha value is -2.20. The second kappa shape index (κ2) is 7.14. The number of carboxylic acid groups (broad SMARTS) is 1. The van der Waals surface area contributed by atoms with Crippen LogP contribution in [0.4, 0.5) is 4.39 Å². The van der Waals surface area contributed by atoms with Crippen molar-refractivity contribution in [3.8, 4) is 0 Å². The van der Waals surface area contributed by atoms with E-state index in [4.69, 9.17) is 0 Å². The lowest BCUT2D eigenvalue weighted by Crippen LogP contribution is -2.41. The van der Waals surface area contributed by atoms with Crippen LogP contribution in [0.25, 0.3) is 0 Å². The zero-order chi connectivity index (χ0) is 17.1. The summed E-state index contributed by atoms with van der Waals surface area (Å²) in [5.74, 6) is -1.41. The third-order valence-corrected chi connectivity index (χ3v) is 4.72. The maximum absolute atomic E-state index is 14.5. The molecule has 24 heavy (non-hydrogen) atoms. The molecule has 0 amide bonds. The molecule has 1 N–H and O–H groups in total. The highest BCUT2D eigenvalue weighted by Gasteiger charge is 2.32. The molecule has 0 spiro atoms. The van der Waals surface area contributed by atoms with Crippen molar-refractivity contribution in [3.05, 3.63) is 71.0 Å². The summed E-state index contributed by atoms with van der Waals surface area (Å²) >= 11 is 0. The first kappa shape index (κ1) is 16.7. The molecule has 2 aromatic carbocycles. The Balaban J connectivity index is 2.02. The fourth-order valence-corrected chi connectivity index (χ4v) is 3.57. The quantitative estimate of drug-likeness (QED) is 0.922. The molecule has 1 heterocycles. The highest BCUT2D eigenvalue weighted by atomic mass is 19.1. The van der Waals surface area contributed by atoms with E-state index in [2.05, 4.69) is 11.0 Å². The van der Waals surface area contributed by atoms with Crippen LogP contribution in [0.2, 0.25) is 0 Å². The standard InChI is InChI=1S/C20H22FNO2/c1-14-6-4-7-15(12-14)19(17-9-2-3-10-18(17)21)22-11-5-8-16(13-22)20(23)24/h2-4,6-7,9-10,12,16,19H,5,8,11,13H2,1H3,(H,23,24). The van der Waals surface area contributed by atoms with Gasteiger partial charge in [0.15, 0.2) is 0 Å². The van der Waals surface area contributed by atoms with Gasteiger partial charge in [0, 0.05) is 12.1 Å². The Labute approximate surface area is 141 Å². The largest absolute Gasteiger partial charge is 0.481 e. The number of piperidine rings is 1. The molecule has 2 aromatic rings. The van der Waals surface area contributed by atoms with Crippen LogP contribution in [0.15, 0.2) is 48.5 Å². The molecule has 1 saturated heterocycles. The van der Waals surface area contributed by atoms with Crippen molar-refractivity contribution in [1.82, 2.24) is 4.90 Å². The second-order valence-electron chi connectivity index (χ2n) is 6.51. The van der Waals surface area contributed by atoms with Gasteiger partial charge in [-0.3, -0.25) is 9.69 Å². The molecule has 0 saturated carbocycles. The minimum atomic E-state index is -0.767. The van der Waals surface area contributed by atoms with E-state index in [9.17, 15) is 14.3 Å². The predicted molar refractivity (Wildman–Crippen MR) is 91.4 cm³/mol. The van der Waals surface area contributed by atoms with Gasteiger partial charge in [0.05, 0.1) is 12.0 Å². The molecule has 1 aliphatic rings. The molecular weight excluding hydrogens is 305 g/mol. The fourth-order valence-electron chi connectivity index (χ4n) is 3.57. The third kappa shape index (κ3) is 3.49. The molecule has 126 valence electrons. The van der Waals surface area contributed by atoms with E-state index in [0.29, 0.717) is 18.5 Å². The van der Waals surface area contributed by atoms with Crippen LogP contribution in [0.3, 0.4) is 0 Å². The minimum Gasteiger partial charge on any atom is -0.481 e. The number of carbonyl (C=O) groups is 1. The van der Waals surface area contributed by atoms with Gasteiger partial charge in [0.25, 0.3) is 0 Å². The monoisotopic (exact) mass is 327 g/mol. The summed E-state index contributed by atoms with van der Waals surface area (Å²) in [6.07, 6.45) is 1.50. The number of halogens is 1. The number of hydrogen-bond acceptors (Lipinski definition) is 2. The summed E-state index contributed by atoms with van der Waals surface area (Å²) < 4.78 is 14.5. The molecule has 0 aliphatic carbocycles. The highest BCUT2D eigenvalue weighted by Crippen LogP contribution is 2.34. The van der Waals surface area contributed by atoms with Crippen LogP contribution in [0.1, 0.15) is 35.6 Å². The van der Waals surface area contributed by atoms with Gasteiger partial charge < -0.3 is 5.11 Å². The van der Waals surface area contributed by atoms with E-state index >= 15 is 0 Å². The number of aliphatic carboxylic acids is 1. The van der Waals surface area contributed by atoms with E-state index < -0.39 is 11.9 Å². The van der Waals surface area contributed by atoms with E-state index in [0.717, 1.165) is 24.1 Å². The summed E-state index contributed by atoms with van der Waals surface area (Å²) in [5, 5.41) is 9.38. The van der Waals surface area contributed by atoms with Crippen molar-refractivity contribution in [2.45, 2.75) is 25.8 Å². The molecule has 4 heteroatoms. The molecule has 2 unspecified atom stereocenters. The van der Waals surface area contributed by atoms with E-state index in [1.54, 1.807) is 12.1 Å². The maximum atomic E-state index is 14.5. The maximum Gasteiger partial charge on any atom is 0.307 e. The number of aryl methyl sites for hydroxylation is 1. The molecule has 1 aliphatic heterocycles. The fraction of sp³-hybridized carbons (Fsp3) is 0.350. The molecule has 0 bridgehead atoms. The normalized spacial score (nSPS) is 19.8. The van der Waals surface area contributed by atoms with Crippen LogP contribution in [-0.2, 0) is 4.79 Å². The number of rotatable bonds is 4. The predicted octanol–water partition coefficient (Wildman–Crippen LogP) is 4.02. The van der Waals surface area contributed by atoms with Gasteiger partial charge in [0.1, 0.15) is 5.82 Å². The first-order chi connectivity index (χ1) is 11.6. The lowest BCUT2D eigenvalue weighted by molar-refractivity contribution is -0.143. The zero-order valence-electron chi connectivity index (χ0n) is 13.8. The average molecular weight is 327 g/mol. The number of carboxylic acids is 1. The molecular formula is C20H22FNO2. The molecule has 0 aromatic heterocycles. The summed E-state index contributed by atoms with van der Waals surface area (Å²) in [7, 11) is 0. The van der Waals surface area contributed by atoms with E-state index in [-0.39, 0.29) is 11.9 Å². The Morgan fingerprint density at radius 1 is 1.25 bits per heavy atom. The summed E-state index contributed by atoms with van der Waals surface area (Å²) in [5.41, 5.74) is 2.72. The lowest BCUT2D eigenvalue weighted by Gasteiger charge is -2.37. The Kier molecular flexibility index (Phi) is 4.95. The van der Waals surface area contributed by atoms with Crippen molar-refractivity contribution in [2.24, 2.45) is 5.92 Å². The van der Waals surface area contributed by atoms with Gasteiger partial charge in [-0.2, -0.15) is 0 Å². The van der Waals surface area contributed by atoms with E-state index in [1.165, 1.54) is 6.07 Å². The number of hydrogen-bond donors (Lipinski definition) is 1. The van der Waals surface area contributed by atoms with Crippen LogP contribution in [0.5, 0.6) is 0 Å². The van der Waals surface area contributed by atoms with Gasteiger partial charge in [0.2, 0.25) is 0 Å². The molecule has 2 atom stereocenters. The molecule has 3 nitrogen and oxygen atoms in total. The van der Waals surface area contributed by atoms with Crippen molar-refractivity contribution in [3.63, 3.8) is 0 Å². The minimum absolute atomic E-state index is 0.249. The molecule has 0 radical (unpaired) electrons. The zero-order valence-corrected chi connectivity index (χ0v) is 13.8. The lowest BCUT2D eigenvalue weighted by atomic mass is 9.90. The first-order valence-electron chi connectivity index (χ1n) is 8.34. The number of nitrogens with zero attached hydrogens (tertiary/aromatic N) is 1. The van der Waals surface area contributed by atoms with Gasteiger partial charge in [-0.25, -0.2) is 4.39 Å². The Morgan fingerprint density at radius 3 is 2.75 bits per heavy atom. The summed E-state index contributed by atoms with van der Waals surface area (Å²) in [6.45, 7) is 3.23. The van der Waals surface area contributed by atoms with Crippen molar-refractivity contribution < 1.29 is 14.3 Å². The van der Waals surface area contributed by atoms with Crippen LogP contribution in [0, 0.1) is 18.7 Å². The van der Waals surface area contributed by atoms with Gasteiger partial charge in [-0.15, -0.1) is 0 Å². The smallest absolute Gasteiger partial charge is 0.307 e. The van der Waals surface area contributed by atoms with Crippen molar-refractivity contribution in [2.75, 3.05) is 13.1 Å². The SMILES string of the molecule is Cc1cccc(C(c2ccccc2F)N2CCCC(C(=O)O)C2)c1. The highest BCUT2D eigenvalue weighted by molar-refractivity contribution is 5.70. The summed E-state index contributed by atoms with van der Waals surface area (Å²) in [4.78, 5) is 13.5. The van der Waals surface area contributed by atoms with E-state index in [1.807, 2.05) is 31.2 Å². The summed E-state index contributed by atoms with van der Waals surface area (Å²) in [6, 6.07) is 14.6.